The maximum absolute atomic E-state index is 11.6. The van der Waals surface area contributed by atoms with Crippen molar-refractivity contribution >= 4 is 11.2 Å². The number of methoxy groups -OCH3 is 1. The number of imidazole rings is 1. The van der Waals surface area contributed by atoms with Crippen LogP contribution >= 0.6 is 0 Å². The topological polar surface area (TPSA) is 122 Å². The van der Waals surface area contributed by atoms with E-state index in [1.54, 1.807) is 0 Å². The first kappa shape index (κ1) is 13.2. The minimum atomic E-state index is -1.16. The van der Waals surface area contributed by atoms with Crippen molar-refractivity contribution in [2.24, 2.45) is 0 Å². The number of nitrogens with zero attached hydrogens (tertiary/aromatic N) is 3. The van der Waals surface area contributed by atoms with Gasteiger partial charge in [0.1, 0.15) is 18.3 Å². The normalized spacial score (nSPS) is 30.1. The number of aromatic nitrogens is 4. The fourth-order valence-corrected chi connectivity index (χ4v) is 2.31. The zero-order chi connectivity index (χ0) is 14.3. The van der Waals surface area contributed by atoms with E-state index in [4.69, 9.17) is 9.47 Å². The summed E-state index contributed by atoms with van der Waals surface area (Å²) < 4.78 is 11.9. The van der Waals surface area contributed by atoms with Gasteiger partial charge in [0.05, 0.1) is 19.3 Å². The molecule has 0 saturated carbocycles. The van der Waals surface area contributed by atoms with E-state index >= 15 is 0 Å². The lowest BCUT2D eigenvalue weighted by molar-refractivity contribution is -0.0580. The summed E-state index contributed by atoms with van der Waals surface area (Å²) in [5, 5.41) is 20.0. The van der Waals surface area contributed by atoms with Crippen LogP contribution in [0.2, 0.25) is 0 Å². The van der Waals surface area contributed by atoms with Crippen LogP contribution in [0.4, 0.5) is 0 Å². The standard InChI is InChI=1S/C11H14N4O5/c1-19-2-5-7(16)8(17)11(20-5)15-4-14-6-9(15)12-3-13-10(6)18/h3-5,7-8,11,16-17H,2H2,1H3,(H,12,13,18)/t5-,7-,8-,11-/m0/s1. The number of H-pyrrole nitrogens is 1. The summed E-state index contributed by atoms with van der Waals surface area (Å²) in [4.78, 5) is 22.0. The van der Waals surface area contributed by atoms with Gasteiger partial charge in [-0.15, -0.1) is 0 Å². The van der Waals surface area contributed by atoms with Crippen LogP contribution in [0.25, 0.3) is 11.2 Å². The third-order valence-corrected chi connectivity index (χ3v) is 3.31. The predicted octanol–water partition coefficient (Wildman–Crippen LogP) is -1.61. The third kappa shape index (κ3) is 1.91. The van der Waals surface area contributed by atoms with Crippen molar-refractivity contribution in [3.63, 3.8) is 0 Å². The number of ether oxygens (including phenoxy) is 2. The lowest BCUT2D eigenvalue weighted by atomic mass is 10.1. The molecule has 1 aliphatic heterocycles. The van der Waals surface area contributed by atoms with Crippen LogP contribution in [0.15, 0.2) is 17.4 Å². The summed E-state index contributed by atoms with van der Waals surface area (Å²) in [6.07, 6.45) is -1.17. The first-order valence-corrected chi connectivity index (χ1v) is 6.04. The van der Waals surface area contributed by atoms with Crippen LogP contribution in [-0.2, 0) is 9.47 Å². The Balaban J connectivity index is 1.99. The number of aromatic amines is 1. The predicted molar refractivity (Wildman–Crippen MR) is 65.9 cm³/mol. The van der Waals surface area contributed by atoms with Crippen molar-refractivity contribution in [2.45, 2.75) is 24.5 Å². The van der Waals surface area contributed by atoms with Gasteiger partial charge in [-0.25, -0.2) is 9.97 Å². The third-order valence-electron chi connectivity index (χ3n) is 3.31. The first-order chi connectivity index (χ1) is 9.63. The molecule has 9 heteroatoms. The molecule has 0 bridgehead atoms. The molecule has 0 spiro atoms. The average Bonchev–Trinajstić information content (AvgIpc) is 2.97. The zero-order valence-corrected chi connectivity index (χ0v) is 10.6. The highest BCUT2D eigenvalue weighted by atomic mass is 16.6. The molecule has 0 aromatic carbocycles. The van der Waals surface area contributed by atoms with Gasteiger partial charge in [-0.1, -0.05) is 0 Å². The second-order valence-corrected chi connectivity index (χ2v) is 4.56. The average molecular weight is 282 g/mol. The smallest absolute Gasteiger partial charge is 0.278 e. The highest BCUT2D eigenvalue weighted by Crippen LogP contribution is 2.30. The SMILES string of the molecule is COC[C@@H]1O[C@H](n2cnc3c(=O)[nH]cnc32)[C@@H](O)[C@H]1O. The molecule has 1 fully saturated rings. The molecule has 0 unspecified atom stereocenters. The number of aliphatic hydroxyl groups excluding tert-OH is 2. The van der Waals surface area contributed by atoms with E-state index in [0.717, 1.165) is 0 Å². The van der Waals surface area contributed by atoms with Crippen molar-refractivity contribution in [2.75, 3.05) is 13.7 Å². The Morgan fingerprint density at radius 3 is 3.00 bits per heavy atom. The molecule has 1 saturated heterocycles. The van der Waals surface area contributed by atoms with Crippen molar-refractivity contribution in [3.8, 4) is 0 Å². The lowest BCUT2D eigenvalue weighted by Gasteiger charge is -2.16. The Kier molecular flexibility index (Phi) is 3.26. The van der Waals surface area contributed by atoms with Crippen molar-refractivity contribution in [1.29, 1.82) is 0 Å². The van der Waals surface area contributed by atoms with Gasteiger partial charge in [-0.05, 0) is 0 Å². The van der Waals surface area contributed by atoms with Gasteiger partial charge in [0, 0.05) is 7.11 Å². The highest BCUT2D eigenvalue weighted by Gasteiger charge is 2.44. The number of hydrogen-bond donors (Lipinski definition) is 3. The first-order valence-electron chi connectivity index (χ1n) is 6.04. The molecule has 0 radical (unpaired) electrons. The molecular weight excluding hydrogens is 268 g/mol. The second-order valence-electron chi connectivity index (χ2n) is 4.56. The molecule has 2 aromatic heterocycles. The van der Waals surface area contributed by atoms with Crippen molar-refractivity contribution < 1.29 is 19.7 Å². The number of aliphatic hydroxyl groups is 2. The Labute approximate surface area is 112 Å². The number of hydrogen-bond acceptors (Lipinski definition) is 7. The fourth-order valence-electron chi connectivity index (χ4n) is 2.31. The fraction of sp³-hybridized carbons (Fsp3) is 0.545. The molecular formula is C11H14N4O5. The zero-order valence-electron chi connectivity index (χ0n) is 10.6. The molecule has 3 N–H and O–H groups in total. The van der Waals surface area contributed by atoms with Crippen LogP contribution in [0.5, 0.6) is 0 Å². The maximum atomic E-state index is 11.6. The van der Waals surface area contributed by atoms with Crippen LogP contribution < -0.4 is 5.56 Å². The van der Waals surface area contributed by atoms with E-state index in [-0.39, 0.29) is 23.3 Å². The van der Waals surface area contributed by atoms with Crippen LogP contribution in [0.1, 0.15) is 6.23 Å². The molecule has 1 aliphatic rings. The maximum Gasteiger partial charge on any atom is 0.278 e. The molecule has 2 aromatic rings. The van der Waals surface area contributed by atoms with Gasteiger partial charge >= 0.3 is 0 Å². The largest absolute Gasteiger partial charge is 0.387 e. The lowest BCUT2D eigenvalue weighted by Crippen LogP contribution is -2.33. The molecule has 3 rings (SSSR count). The summed E-state index contributed by atoms with van der Waals surface area (Å²) >= 11 is 0. The van der Waals surface area contributed by atoms with E-state index < -0.39 is 24.5 Å². The van der Waals surface area contributed by atoms with Gasteiger partial charge in [-0.2, -0.15) is 0 Å². The number of fused-ring (bicyclic) bond motifs is 1. The van der Waals surface area contributed by atoms with E-state index in [1.807, 2.05) is 0 Å². The van der Waals surface area contributed by atoms with Gasteiger partial charge < -0.3 is 24.7 Å². The van der Waals surface area contributed by atoms with Crippen LogP contribution in [0, 0.1) is 0 Å². The summed E-state index contributed by atoms with van der Waals surface area (Å²) in [6.45, 7) is 0.148. The monoisotopic (exact) mass is 282 g/mol. The van der Waals surface area contributed by atoms with Crippen LogP contribution in [-0.4, -0.2) is 61.8 Å². The summed E-state index contributed by atoms with van der Waals surface area (Å²) in [7, 11) is 1.48. The Morgan fingerprint density at radius 1 is 1.45 bits per heavy atom. The van der Waals surface area contributed by atoms with Gasteiger partial charge in [0.25, 0.3) is 5.56 Å². The van der Waals surface area contributed by atoms with Crippen molar-refractivity contribution in [3.05, 3.63) is 23.0 Å². The number of rotatable bonds is 3. The molecule has 0 amide bonds. The molecule has 9 nitrogen and oxygen atoms in total. The minimum Gasteiger partial charge on any atom is -0.387 e. The second kappa shape index (κ2) is 4.94. The van der Waals surface area contributed by atoms with E-state index in [2.05, 4.69) is 15.0 Å². The summed E-state index contributed by atoms with van der Waals surface area (Å²) in [5.74, 6) is 0. The van der Waals surface area contributed by atoms with Gasteiger partial charge in [0.15, 0.2) is 17.4 Å². The highest BCUT2D eigenvalue weighted by molar-refractivity contribution is 5.68. The van der Waals surface area contributed by atoms with E-state index in [0.29, 0.717) is 0 Å². The van der Waals surface area contributed by atoms with E-state index in [9.17, 15) is 15.0 Å². The van der Waals surface area contributed by atoms with Gasteiger partial charge in [0.2, 0.25) is 0 Å². The van der Waals surface area contributed by atoms with Crippen molar-refractivity contribution in [1.82, 2.24) is 19.5 Å². The van der Waals surface area contributed by atoms with E-state index in [1.165, 1.54) is 24.3 Å². The minimum absolute atomic E-state index is 0.146. The molecule has 0 aliphatic carbocycles. The molecule has 108 valence electrons. The Morgan fingerprint density at radius 2 is 2.25 bits per heavy atom. The molecule has 4 atom stereocenters. The Bertz CT molecular complexity index is 668. The molecule has 3 heterocycles. The number of nitrogens with one attached hydrogen (secondary N) is 1. The summed E-state index contributed by atoms with van der Waals surface area (Å²) in [5.41, 5.74) is 0.0475. The van der Waals surface area contributed by atoms with Crippen LogP contribution in [0.3, 0.4) is 0 Å². The Hall–Kier alpha value is -1.81. The molecule has 20 heavy (non-hydrogen) atoms. The summed E-state index contributed by atoms with van der Waals surface area (Å²) in [6, 6.07) is 0. The van der Waals surface area contributed by atoms with Gasteiger partial charge in [-0.3, -0.25) is 9.36 Å². The quantitative estimate of drug-likeness (QED) is 0.618.